The number of hydrogen-bond donors (Lipinski definition) is 0. The summed E-state index contributed by atoms with van der Waals surface area (Å²) in [6.45, 7) is 0. The lowest BCUT2D eigenvalue weighted by atomic mass is 10.5. The Labute approximate surface area is 58.8 Å². The van der Waals surface area contributed by atoms with Crippen LogP contribution in [0.4, 0.5) is 0 Å². The van der Waals surface area contributed by atoms with Crippen molar-refractivity contribution in [3.63, 3.8) is 0 Å². The highest BCUT2D eigenvalue weighted by molar-refractivity contribution is 8.78. The topological polar surface area (TPSA) is 58.9 Å². The molecule has 9 heavy (non-hydrogen) atoms. The maximum atomic E-state index is 9.85. The van der Waals surface area contributed by atoms with Crippen molar-refractivity contribution in [2.75, 3.05) is 0 Å². The van der Waals surface area contributed by atoms with Crippen LogP contribution >= 0.6 is 21.6 Å². The Bertz CT molecular complexity index is 169. The Morgan fingerprint density at radius 3 is 2.78 bits per heavy atom. The summed E-state index contributed by atoms with van der Waals surface area (Å²) >= 11 is 0. The number of nitrogens with zero attached hydrogens (tertiary/aromatic N) is 2. The van der Waals surface area contributed by atoms with Crippen molar-refractivity contribution in [1.29, 1.82) is 0 Å². The summed E-state index contributed by atoms with van der Waals surface area (Å²) in [5.41, 5.74) is 0.222. The van der Waals surface area contributed by atoms with E-state index < -0.39 is 5.37 Å². The smallest absolute Gasteiger partial charge is 0.149 e. The summed E-state index contributed by atoms with van der Waals surface area (Å²) in [5, 5.41) is 6.23. The molecule has 48 valence electrons. The van der Waals surface area contributed by atoms with Crippen molar-refractivity contribution in [2.45, 2.75) is 5.37 Å². The fourth-order valence-electron chi connectivity index (χ4n) is 0.375. The quantitative estimate of drug-likeness (QED) is 0.460. The molecule has 0 aromatic rings. The SMILES string of the molecule is O=NC1=CSSC1N=O. The molecule has 0 aliphatic carbocycles. The van der Waals surface area contributed by atoms with Gasteiger partial charge in [0.05, 0.1) is 0 Å². The van der Waals surface area contributed by atoms with Gasteiger partial charge in [0.2, 0.25) is 0 Å². The summed E-state index contributed by atoms with van der Waals surface area (Å²) in [6.07, 6.45) is 0. The van der Waals surface area contributed by atoms with Crippen LogP contribution < -0.4 is 0 Å². The molecule has 0 aromatic heterocycles. The molecule has 0 N–H and O–H groups in total. The zero-order chi connectivity index (χ0) is 6.69. The molecule has 1 heterocycles. The molecule has 0 radical (unpaired) electrons. The van der Waals surface area contributed by atoms with E-state index in [1.807, 2.05) is 0 Å². The highest BCUT2D eigenvalue weighted by Gasteiger charge is 2.22. The highest BCUT2D eigenvalue weighted by atomic mass is 33.1. The van der Waals surface area contributed by atoms with Gasteiger partial charge in [-0.25, -0.2) is 0 Å². The molecule has 1 aliphatic rings. The maximum Gasteiger partial charge on any atom is 0.193 e. The van der Waals surface area contributed by atoms with Gasteiger partial charge in [-0.2, -0.15) is 0 Å². The normalized spacial score (nSPS) is 25.3. The number of hydrogen-bond acceptors (Lipinski definition) is 6. The van der Waals surface area contributed by atoms with Gasteiger partial charge in [-0.05, 0) is 10.4 Å². The second-order valence-electron chi connectivity index (χ2n) is 1.28. The molecule has 1 aliphatic heterocycles. The minimum Gasteiger partial charge on any atom is -0.149 e. The first kappa shape index (κ1) is 6.76. The van der Waals surface area contributed by atoms with Crippen molar-refractivity contribution in [3.8, 4) is 0 Å². The van der Waals surface area contributed by atoms with E-state index in [0.29, 0.717) is 0 Å². The second kappa shape index (κ2) is 2.98. The molecule has 1 atom stereocenters. The van der Waals surface area contributed by atoms with Crippen LogP contribution in [0.2, 0.25) is 0 Å². The minimum absolute atomic E-state index is 0.222. The fourth-order valence-corrected chi connectivity index (χ4v) is 2.32. The Hall–Kier alpha value is -0.360. The van der Waals surface area contributed by atoms with Crippen LogP contribution in [0, 0.1) is 9.81 Å². The Balaban J connectivity index is 2.67. The summed E-state index contributed by atoms with van der Waals surface area (Å²) in [5.74, 6) is 0. The molecule has 4 nitrogen and oxygen atoms in total. The van der Waals surface area contributed by atoms with E-state index in [9.17, 15) is 9.81 Å². The third-order valence-corrected chi connectivity index (χ3v) is 2.90. The van der Waals surface area contributed by atoms with Gasteiger partial charge in [-0.15, -0.1) is 9.81 Å². The Morgan fingerprint density at radius 2 is 2.33 bits per heavy atom. The van der Waals surface area contributed by atoms with E-state index in [2.05, 4.69) is 10.4 Å². The van der Waals surface area contributed by atoms with Gasteiger partial charge >= 0.3 is 0 Å². The standard InChI is InChI=1S/C3H2N2O2S2/c6-4-2-1-8-9-3(2)5-7/h1,3H. The van der Waals surface area contributed by atoms with Crippen molar-refractivity contribution < 1.29 is 0 Å². The zero-order valence-electron chi connectivity index (χ0n) is 4.18. The number of rotatable bonds is 2. The molecule has 0 aromatic carbocycles. The number of nitroso groups, excluding NO2 is 2. The van der Waals surface area contributed by atoms with Crippen molar-refractivity contribution in [1.82, 2.24) is 0 Å². The molecular formula is C3H2N2O2S2. The first-order valence-electron chi connectivity index (χ1n) is 2.06. The first-order valence-corrected chi connectivity index (χ1v) is 4.34. The maximum absolute atomic E-state index is 9.85. The molecule has 0 saturated heterocycles. The molecule has 0 bridgehead atoms. The molecule has 0 spiro atoms. The third-order valence-electron chi connectivity index (χ3n) is 0.770. The van der Waals surface area contributed by atoms with Crippen LogP contribution in [0.3, 0.4) is 0 Å². The van der Waals surface area contributed by atoms with Crippen molar-refractivity contribution in [3.05, 3.63) is 20.9 Å². The van der Waals surface area contributed by atoms with E-state index in [-0.39, 0.29) is 5.70 Å². The van der Waals surface area contributed by atoms with E-state index in [1.165, 1.54) is 27.0 Å². The Kier molecular flexibility index (Phi) is 2.23. The molecule has 6 heteroatoms. The molecule has 1 unspecified atom stereocenters. The van der Waals surface area contributed by atoms with Crippen LogP contribution in [-0.2, 0) is 0 Å². The molecule has 0 fully saturated rings. The molecular weight excluding hydrogens is 160 g/mol. The lowest BCUT2D eigenvalue weighted by Crippen LogP contribution is -1.92. The third kappa shape index (κ3) is 1.31. The van der Waals surface area contributed by atoms with Gasteiger partial charge in [0.25, 0.3) is 0 Å². The first-order chi connectivity index (χ1) is 4.38. The van der Waals surface area contributed by atoms with E-state index in [0.717, 1.165) is 0 Å². The van der Waals surface area contributed by atoms with Crippen molar-refractivity contribution in [2.24, 2.45) is 10.4 Å². The molecule has 0 saturated carbocycles. The van der Waals surface area contributed by atoms with Crippen molar-refractivity contribution >= 4 is 21.6 Å². The predicted molar refractivity (Wildman–Crippen MR) is 38.6 cm³/mol. The van der Waals surface area contributed by atoms with Crippen LogP contribution in [0.5, 0.6) is 0 Å². The Morgan fingerprint density at radius 1 is 1.56 bits per heavy atom. The fraction of sp³-hybridized carbons (Fsp3) is 0.333. The van der Waals surface area contributed by atoms with Gasteiger partial charge in [-0.3, -0.25) is 0 Å². The summed E-state index contributed by atoms with van der Waals surface area (Å²) in [7, 11) is 2.53. The lowest BCUT2D eigenvalue weighted by molar-refractivity contribution is 1.03. The lowest BCUT2D eigenvalue weighted by Gasteiger charge is -1.91. The van der Waals surface area contributed by atoms with Crippen LogP contribution in [-0.4, -0.2) is 5.37 Å². The average molecular weight is 162 g/mol. The van der Waals surface area contributed by atoms with E-state index in [1.54, 1.807) is 0 Å². The van der Waals surface area contributed by atoms with Gasteiger partial charge in [0, 0.05) is 5.41 Å². The van der Waals surface area contributed by atoms with Gasteiger partial charge in [0.15, 0.2) is 5.37 Å². The van der Waals surface area contributed by atoms with Crippen LogP contribution in [0.15, 0.2) is 21.5 Å². The summed E-state index contributed by atoms with van der Waals surface area (Å²) in [4.78, 5) is 19.7. The average Bonchev–Trinajstić information content (AvgIpc) is 2.33. The molecule has 1 rings (SSSR count). The zero-order valence-corrected chi connectivity index (χ0v) is 5.82. The van der Waals surface area contributed by atoms with Gasteiger partial charge in [-0.1, -0.05) is 21.6 Å². The second-order valence-corrected chi connectivity index (χ2v) is 3.51. The largest absolute Gasteiger partial charge is 0.193 e. The predicted octanol–water partition coefficient (Wildman–Crippen LogP) is 2.08. The van der Waals surface area contributed by atoms with Crippen LogP contribution in [0.25, 0.3) is 0 Å². The van der Waals surface area contributed by atoms with Gasteiger partial charge in [0.1, 0.15) is 5.70 Å². The minimum atomic E-state index is -0.590. The van der Waals surface area contributed by atoms with E-state index >= 15 is 0 Å². The van der Waals surface area contributed by atoms with Crippen LogP contribution in [0.1, 0.15) is 0 Å². The van der Waals surface area contributed by atoms with E-state index in [4.69, 9.17) is 0 Å². The van der Waals surface area contributed by atoms with Gasteiger partial charge < -0.3 is 0 Å². The molecule has 0 amide bonds. The monoisotopic (exact) mass is 162 g/mol. The summed E-state index contributed by atoms with van der Waals surface area (Å²) < 4.78 is 0. The highest BCUT2D eigenvalue weighted by Crippen LogP contribution is 2.41. The summed E-state index contributed by atoms with van der Waals surface area (Å²) in [6, 6.07) is 0.